The molecule has 2 aromatic heterocycles. The average molecular weight is 260 g/mol. The molecule has 0 saturated heterocycles. The summed E-state index contributed by atoms with van der Waals surface area (Å²) >= 11 is 1.60. The van der Waals surface area contributed by atoms with E-state index in [1.807, 2.05) is 49.0 Å². The van der Waals surface area contributed by atoms with Gasteiger partial charge < -0.3 is 0 Å². The topological polar surface area (TPSA) is 45.3 Å². The summed E-state index contributed by atoms with van der Waals surface area (Å²) in [6.45, 7) is 2.28. The number of aryl methyl sites for hydroxylation is 1. The van der Waals surface area contributed by atoms with E-state index >= 15 is 0 Å². The summed E-state index contributed by atoms with van der Waals surface area (Å²) in [5, 5.41) is 5.94. The molecule has 0 aliphatic rings. The van der Waals surface area contributed by atoms with Crippen molar-refractivity contribution in [3.8, 4) is 0 Å². The Morgan fingerprint density at radius 1 is 1.44 bits per heavy atom. The van der Waals surface area contributed by atoms with Crippen LogP contribution in [0.1, 0.15) is 10.4 Å². The molecule has 0 aliphatic heterocycles. The highest BCUT2D eigenvalue weighted by atomic mass is 32.1. The Morgan fingerprint density at radius 2 is 2.22 bits per heavy atom. The van der Waals surface area contributed by atoms with Crippen molar-refractivity contribution in [3.63, 3.8) is 0 Å². The smallest absolute Gasteiger partial charge is 0.266 e. The highest BCUT2D eigenvalue weighted by Crippen LogP contribution is 2.12. The molecule has 0 bridgehead atoms. The molecule has 0 aromatic carbocycles. The van der Waals surface area contributed by atoms with E-state index in [1.54, 1.807) is 22.1 Å². The summed E-state index contributed by atoms with van der Waals surface area (Å²) in [4.78, 5) is 12.6. The van der Waals surface area contributed by atoms with Crippen LogP contribution in [-0.2, 0) is 11.3 Å². The molecule has 2 heterocycles. The number of hydrogen-bond acceptors (Lipinski definition) is 3. The van der Waals surface area contributed by atoms with Crippen LogP contribution in [0.2, 0.25) is 0 Å². The van der Waals surface area contributed by atoms with Crippen LogP contribution in [0.4, 0.5) is 0 Å². The van der Waals surface area contributed by atoms with E-state index in [1.165, 1.54) is 0 Å². The van der Waals surface area contributed by atoms with Crippen molar-refractivity contribution in [2.24, 2.45) is 5.10 Å². The number of hydrazone groups is 1. The minimum absolute atomic E-state index is 0.142. The van der Waals surface area contributed by atoms with Crippen LogP contribution in [0.25, 0.3) is 0 Å². The maximum absolute atomic E-state index is 11.6. The molecule has 1 N–H and O–H groups in total. The van der Waals surface area contributed by atoms with E-state index < -0.39 is 0 Å². The molecule has 5 heteroatoms. The zero-order chi connectivity index (χ0) is 12.8. The van der Waals surface area contributed by atoms with Gasteiger partial charge in [-0.2, -0.15) is 9.67 Å². The Kier molecular flexibility index (Phi) is 4.20. The number of nitrogens with one attached hydrogen (secondary N) is 1. The van der Waals surface area contributed by atoms with E-state index in [4.69, 9.17) is 0 Å². The molecule has 92 valence electrons. The first-order chi connectivity index (χ1) is 8.75. The van der Waals surface area contributed by atoms with Crippen LogP contribution in [0.15, 0.2) is 47.1 Å². The second-order valence-corrected chi connectivity index (χ2v) is 4.76. The Morgan fingerprint density at radius 3 is 2.89 bits per heavy atom. The van der Waals surface area contributed by atoms with Gasteiger partial charge in [-0.1, -0.05) is 6.07 Å². The molecule has 0 saturated carbocycles. The Labute approximate surface area is 110 Å². The third-order valence-electron chi connectivity index (χ3n) is 2.38. The van der Waals surface area contributed by atoms with E-state index in [9.17, 15) is 4.79 Å². The molecular formula is C13H14N3OS+. The van der Waals surface area contributed by atoms with Crippen LogP contribution < -0.4 is 9.99 Å². The minimum Gasteiger partial charge on any atom is -0.266 e. The van der Waals surface area contributed by atoms with Crippen molar-refractivity contribution >= 4 is 23.5 Å². The number of aromatic nitrogens is 1. The second-order valence-electron chi connectivity index (χ2n) is 3.81. The van der Waals surface area contributed by atoms with Gasteiger partial charge in [0.2, 0.25) is 6.54 Å². The van der Waals surface area contributed by atoms with Gasteiger partial charge in [0.05, 0.1) is 6.21 Å². The number of amides is 1. The number of thiophene rings is 1. The fourth-order valence-corrected chi connectivity index (χ4v) is 2.21. The van der Waals surface area contributed by atoms with Gasteiger partial charge in [0.1, 0.15) is 0 Å². The fraction of sp³-hybridized carbons (Fsp3) is 0.154. The predicted molar refractivity (Wildman–Crippen MR) is 71.4 cm³/mol. The number of pyridine rings is 1. The van der Waals surface area contributed by atoms with Gasteiger partial charge in [0, 0.05) is 17.0 Å². The number of rotatable bonds is 4. The van der Waals surface area contributed by atoms with Crippen LogP contribution in [0.3, 0.4) is 0 Å². The Hall–Kier alpha value is -2.01. The first-order valence-electron chi connectivity index (χ1n) is 5.56. The van der Waals surface area contributed by atoms with Crippen LogP contribution >= 0.6 is 11.3 Å². The molecule has 0 spiro atoms. The quantitative estimate of drug-likeness (QED) is 0.505. The minimum atomic E-state index is -0.142. The number of nitrogens with zero attached hydrogens (tertiary/aromatic N) is 2. The lowest BCUT2D eigenvalue weighted by Crippen LogP contribution is -2.40. The van der Waals surface area contributed by atoms with E-state index in [-0.39, 0.29) is 12.5 Å². The molecule has 1 amide bonds. The van der Waals surface area contributed by atoms with Crippen LogP contribution in [-0.4, -0.2) is 12.1 Å². The van der Waals surface area contributed by atoms with E-state index in [0.29, 0.717) is 0 Å². The van der Waals surface area contributed by atoms with Crippen molar-refractivity contribution in [1.82, 2.24) is 5.43 Å². The summed E-state index contributed by atoms with van der Waals surface area (Å²) in [7, 11) is 0. The highest BCUT2D eigenvalue weighted by Gasteiger charge is 2.06. The molecule has 4 nitrogen and oxygen atoms in total. The lowest BCUT2D eigenvalue weighted by molar-refractivity contribution is -0.684. The third kappa shape index (κ3) is 3.49. The van der Waals surface area contributed by atoms with Crippen molar-refractivity contribution < 1.29 is 9.36 Å². The van der Waals surface area contributed by atoms with Crippen LogP contribution in [0, 0.1) is 6.92 Å². The molecule has 0 atom stereocenters. The van der Waals surface area contributed by atoms with Crippen molar-refractivity contribution in [2.75, 3.05) is 0 Å². The van der Waals surface area contributed by atoms with E-state index in [0.717, 1.165) is 10.4 Å². The lowest BCUT2D eigenvalue weighted by Gasteiger charge is -1.96. The summed E-state index contributed by atoms with van der Waals surface area (Å²) < 4.78 is 1.79. The average Bonchev–Trinajstić information content (AvgIpc) is 2.76. The number of carbonyl (C=O) groups excluding carboxylic acids is 1. The molecule has 0 radical (unpaired) electrons. The van der Waals surface area contributed by atoms with Gasteiger partial charge in [-0.25, -0.2) is 5.43 Å². The van der Waals surface area contributed by atoms with Crippen molar-refractivity contribution in [3.05, 3.63) is 52.5 Å². The Bertz CT molecular complexity index is 548. The van der Waals surface area contributed by atoms with Gasteiger partial charge >= 0.3 is 5.91 Å². The monoisotopic (exact) mass is 260 g/mol. The largest absolute Gasteiger partial charge is 0.305 e. The Balaban J connectivity index is 1.86. The normalized spacial score (nSPS) is 10.7. The second kappa shape index (κ2) is 6.07. The predicted octanol–water partition coefficient (Wildman–Crippen LogP) is 1.49. The van der Waals surface area contributed by atoms with Crippen molar-refractivity contribution in [2.45, 2.75) is 13.5 Å². The highest BCUT2D eigenvalue weighted by molar-refractivity contribution is 7.11. The standard InChI is InChI=1S/C13H13N3OS/c1-11-5-8-18-12(11)9-14-15-13(17)10-16-6-3-2-4-7-16/h2-9H,10H2,1H3/p+1/b14-9+. The first kappa shape index (κ1) is 12.4. The van der Waals surface area contributed by atoms with Gasteiger partial charge in [-0.15, -0.1) is 11.3 Å². The zero-order valence-electron chi connectivity index (χ0n) is 10.0. The molecular weight excluding hydrogens is 246 g/mol. The molecule has 2 aromatic rings. The maximum Gasteiger partial charge on any atom is 0.305 e. The summed E-state index contributed by atoms with van der Waals surface area (Å²) in [5.74, 6) is -0.142. The summed E-state index contributed by atoms with van der Waals surface area (Å²) in [5.41, 5.74) is 3.68. The lowest BCUT2D eigenvalue weighted by atomic mass is 10.3. The summed E-state index contributed by atoms with van der Waals surface area (Å²) in [6.07, 6.45) is 5.35. The molecule has 2 rings (SSSR count). The van der Waals surface area contributed by atoms with E-state index in [2.05, 4.69) is 10.5 Å². The number of carbonyl (C=O) groups is 1. The van der Waals surface area contributed by atoms with Crippen LogP contribution in [0.5, 0.6) is 0 Å². The fourth-order valence-electron chi connectivity index (χ4n) is 1.42. The number of hydrogen-bond donors (Lipinski definition) is 1. The SMILES string of the molecule is Cc1ccsc1/C=N/NC(=O)C[n+]1ccccc1. The van der Waals surface area contributed by atoms with Crippen molar-refractivity contribution in [1.29, 1.82) is 0 Å². The third-order valence-corrected chi connectivity index (χ3v) is 3.33. The molecule has 18 heavy (non-hydrogen) atoms. The van der Waals surface area contributed by atoms with Gasteiger partial charge in [0.25, 0.3) is 0 Å². The van der Waals surface area contributed by atoms with Gasteiger partial charge in [-0.3, -0.25) is 4.79 Å². The molecule has 0 fully saturated rings. The zero-order valence-corrected chi connectivity index (χ0v) is 10.9. The van der Waals surface area contributed by atoms with Gasteiger partial charge in [0.15, 0.2) is 12.4 Å². The summed E-state index contributed by atoms with van der Waals surface area (Å²) in [6, 6.07) is 7.69. The first-order valence-corrected chi connectivity index (χ1v) is 6.44. The van der Waals surface area contributed by atoms with Gasteiger partial charge in [-0.05, 0) is 23.9 Å². The molecule has 0 unspecified atom stereocenters. The maximum atomic E-state index is 11.6. The molecule has 0 aliphatic carbocycles.